The number of anilines is 2. The van der Waals surface area contributed by atoms with Crippen molar-refractivity contribution in [2.45, 2.75) is 23.8 Å². The zero-order chi connectivity index (χ0) is 13.0. The van der Waals surface area contributed by atoms with Gasteiger partial charge in [-0.15, -0.1) is 0 Å². The number of ether oxygens (including phenoxy) is 1. The van der Waals surface area contributed by atoms with Gasteiger partial charge in [-0.3, -0.25) is 0 Å². The fourth-order valence-corrected chi connectivity index (χ4v) is 2.25. The van der Waals surface area contributed by atoms with E-state index in [1.54, 1.807) is 11.8 Å². The summed E-state index contributed by atoms with van der Waals surface area (Å²) in [6.07, 6.45) is 1.04. The molecule has 7 heteroatoms. The van der Waals surface area contributed by atoms with Crippen LogP contribution >= 0.6 is 11.8 Å². The maximum absolute atomic E-state index is 5.16. The van der Waals surface area contributed by atoms with Crippen molar-refractivity contribution in [2.75, 3.05) is 44.1 Å². The Labute approximate surface area is 112 Å². The van der Waals surface area contributed by atoms with E-state index in [-0.39, 0.29) is 0 Å². The van der Waals surface area contributed by atoms with Crippen LogP contribution in [0, 0.1) is 0 Å². The quantitative estimate of drug-likeness (QED) is 0.833. The Kier molecular flexibility index (Phi) is 4.60. The number of thioether (sulfide) groups is 1. The molecule has 1 saturated heterocycles. The minimum Gasteiger partial charge on any atom is -0.379 e. The molecule has 0 spiro atoms. The number of rotatable bonds is 6. The van der Waals surface area contributed by atoms with Crippen LogP contribution in [0.5, 0.6) is 0 Å². The van der Waals surface area contributed by atoms with E-state index in [9.17, 15) is 0 Å². The predicted octanol–water partition coefficient (Wildman–Crippen LogP) is 1.25. The van der Waals surface area contributed by atoms with E-state index in [4.69, 9.17) is 4.74 Å². The zero-order valence-corrected chi connectivity index (χ0v) is 11.8. The molecule has 0 aromatic carbocycles. The molecule has 0 aliphatic carbocycles. The largest absolute Gasteiger partial charge is 0.379 e. The van der Waals surface area contributed by atoms with Crippen LogP contribution in [0.3, 0.4) is 0 Å². The van der Waals surface area contributed by atoms with E-state index in [0.29, 0.717) is 17.1 Å². The maximum atomic E-state index is 5.16. The van der Waals surface area contributed by atoms with E-state index in [1.807, 2.05) is 19.0 Å². The van der Waals surface area contributed by atoms with Gasteiger partial charge in [0.15, 0.2) is 5.16 Å². The SMILES string of the molecule is CCCNc1nc(SC2COC2)nc(N(C)C)n1. The molecule has 18 heavy (non-hydrogen) atoms. The first-order valence-electron chi connectivity index (χ1n) is 6.10. The minimum atomic E-state index is 0.474. The Balaban J connectivity index is 2.12. The zero-order valence-electron chi connectivity index (χ0n) is 11.0. The lowest BCUT2D eigenvalue weighted by Crippen LogP contribution is -2.30. The number of nitrogens with one attached hydrogen (secondary N) is 1. The molecular formula is C11H19N5OS. The Bertz CT molecular complexity index is 397. The highest BCUT2D eigenvalue weighted by Gasteiger charge is 2.22. The molecular weight excluding hydrogens is 250 g/mol. The third kappa shape index (κ3) is 3.46. The summed E-state index contributed by atoms with van der Waals surface area (Å²) in [7, 11) is 3.86. The van der Waals surface area contributed by atoms with Gasteiger partial charge >= 0.3 is 0 Å². The summed E-state index contributed by atoms with van der Waals surface area (Å²) in [6, 6.07) is 0. The summed E-state index contributed by atoms with van der Waals surface area (Å²) < 4.78 is 5.16. The van der Waals surface area contributed by atoms with Gasteiger partial charge in [0.1, 0.15) is 0 Å². The number of hydrogen-bond donors (Lipinski definition) is 1. The number of hydrogen-bond acceptors (Lipinski definition) is 7. The Morgan fingerprint density at radius 3 is 2.67 bits per heavy atom. The van der Waals surface area contributed by atoms with Gasteiger partial charge in [-0.25, -0.2) is 0 Å². The molecule has 0 radical (unpaired) electrons. The lowest BCUT2D eigenvalue weighted by molar-refractivity contribution is 0.0454. The van der Waals surface area contributed by atoms with Gasteiger partial charge < -0.3 is 15.0 Å². The van der Waals surface area contributed by atoms with Crippen LogP contribution in [-0.4, -0.2) is 54.1 Å². The van der Waals surface area contributed by atoms with Crippen molar-refractivity contribution >= 4 is 23.7 Å². The van der Waals surface area contributed by atoms with E-state index in [0.717, 1.165) is 31.3 Å². The maximum Gasteiger partial charge on any atom is 0.230 e. The van der Waals surface area contributed by atoms with Crippen molar-refractivity contribution in [3.05, 3.63) is 0 Å². The highest BCUT2D eigenvalue weighted by Crippen LogP contribution is 2.26. The lowest BCUT2D eigenvalue weighted by Gasteiger charge is -2.24. The molecule has 2 rings (SSSR count). The Morgan fingerprint density at radius 1 is 1.33 bits per heavy atom. The van der Waals surface area contributed by atoms with Crippen LogP contribution in [0.25, 0.3) is 0 Å². The summed E-state index contributed by atoms with van der Waals surface area (Å²) >= 11 is 1.66. The van der Waals surface area contributed by atoms with Gasteiger partial charge in [-0.1, -0.05) is 18.7 Å². The molecule has 1 aliphatic rings. The number of aromatic nitrogens is 3. The summed E-state index contributed by atoms with van der Waals surface area (Å²) in [5, 5.41) is 4.44. The fourth-order valence-electron chi connectivity index (χ4n) is 1.35. The standard InChI is InChI=1S/C11H19N5OS/c1-4-5-12-9-13-10(16(2)3)15-11(14-9)18-8-6-17-7-8/h8H,4-7H2,1-3H3,(H,12,13,14,15). The average Bonchev–Trinajstić information content (AvgIpc) is 2.31. The van der Waals surface area contributed by atoms with Crippen molar-refractivity contribution in [1.82, 2.24) is 15.0 Å². The van der Waals surface area contributed by atoms with Gasteiger partial charge in [-0.05, 0) is 6.42 Å². The molecule has 0 unspecified atom stereocenters. The average molecular weight is 269 g/mol. The third-order valence-corrected chi connectivity index (χ3v) is 3.41. The third-order valence-electron chi connectivity index (χ3n) is 2.42. The minimum absolute atomic E-state index is 0.474. The normalized spacial score (nSPS) is 15.3. The van der Waals surface area contributed by atoms with Crippen molar-refractivity contribution in [1.29, 1.82) is 0 Å². The Morgan fingerprint density at radius 2 is 2.11 bits per heavy atom. The fraction of sp³-hybridized carbons (Fsp3) is 0.727. The predicted molar refractivity (Wildman–Crippen MR) is 73.4 cm³/mol. The first-order chi connectivity index (χ1) is 8.69. The van der Waals surface area contributed by atoms with Gasteiger partial charge in [0.05, 0.1) is 18.5 Å². The van der Waals surface area contributed by atoms with E-state index in [2.05, 4.69) is 27.2 Å². The van der Waals surface area contributed by atoms with E-state index in [1.165, 1.54) is 0 Å². The number of nitrogens with zero attached hydrogens (tertiary/aromatic N) is 4. The van der Waals surface area contributed by atoms with Crippen LogP contribution in [0.4, 0.5) is 11.9 Å². The topological polar surface area (TPSA) is 63.2 Å². The molecule has 1 fully saturated rings. The van der Waals surface area contributed by atoms with Crippen molar-refractivity contribution in [3.8, 4) is 0 Å². The molecule has 0 bridgehead atoms. The molecule has 0 atom stereocenters. The molecule has 100 valence electrons. The van der Waals surface area contributed by atoms with Gasteiger partial charge in [0.25, 0.3) is 0 Å². The summed E-state index contributed by atoms with van der Waals surface area (Å²) in [5.74, 6) is 1.34. The summed E-state index contributed by atoms with van der Waals surface area (Å²) in [5.41, 5.74) is 0. The molecule has 6 nitrogen and oxygen atoms in total. The smallest absolute Gasteiger partial charge is 0.230 e. The summed E-state index contributed by atoms with van der Waals surface area (Å²) in [4.78, 5) is 15.1. The van der Waals surface area contributed by atoms with E-state index < -0.39 is 0 Å². The second-order valence-electron chi connectivity index (χ2n) is 4.34. The second-order valence-corrected chi connectivity index (χ2v) is 5.61. The summed E-state index contributed by atoms with van der Waals surface area (Å²) in [6.45, 7) is 4.55. The van der Waals surface area contributed by atoms with Crippen LogP contribution < -0.4 is 10.2 Å². The van der Waals surface area contributed by atoms with Crippen LogP contribution in [-0.2, 0) is 4.74 Å². The first-order valence-corrected chi connectivity index (χ1v) is 6.98. The van der Waals surface area contributed by atoms with Crippen LogP contribution in [0.1, 0.15) is 13.3 Å². The lowest BCUT2D eigenvalue weighted by atomic mass is 10.4. The molecule has 1 aromatic rings. The molecule has 0 amide bonds. The Hall–Kier alpha value is -1.08. The van der Waals surface area contributed by atoms with Crippen molar-refractivity contribution in [2.24, 2.45) is 0 Å². The van der Waals surface area contributed by atoms with Crippen molar-refractivity contribution < 1.29 is 4.74 Å². The van der Waals surface area contributed by atoms with Gasteiger partial charge in [0.2, 0.25) is 11.9 Å². The second kappa shape index (κ2) is 6.19. The van der Waals surface area contributed by atoms with Crippen LogP contribution in [0.2, 0.25) is 0 Å². The monoisotopic (exact) mass is 269 g/mol. The molecule has 1 aromatic heterocycles. The molecule has 0 saturated carbocycles. The van der Waals surface area contributed by atoms with Crippen molar-refractivity contribution in [3.63, 3.8) is 0 Å². The van der Waals surface area contributed by atoms with Gasteiger partial charge in [-0.2, -0.15) is 15.0 Å². The highest BCUT2D eigenvalue weighted by atomic mass is 32.2. The highest BCUT2D eigenvalue weighted by molar-refractivity contribution is 7.99. The van der Waals surface area contributed by atoms with Crippen LogP contribution in [0.15, 0.2) is 5.16 Å². The van der Waals surface area contributed by atoms with Gasteiger partial charge in [0, 0.05) is 20.6 Å². The molecule has 2 heterocycles. The molecule has 1 N–H and O–H groups in total. The molecule has 1 aliphatic heterocycles. The first kappa shape index (κ1) is 13.4. The van der Waals surface area contributed by atoms with E-state index >= 15 is 0 Å².